The third-order valence-corrected chi connectivity index (χ3v) is 4.72. The number of likely N-dealkylation sites (tertiary alicyclic amines) is 1. The second kappa shape index (κ2) is 10.9. The molecule has 1 atom stereocenters. The molecule has 0 aromatic rings. The first-order valence-electron chi connectivity index (χ1n) is 9.52. The van der Waals surface area contributed by atoms with Crippen LogP contribution in [0, 0.1) is 11.8 Å². The lowest BCUT2D eigenvalue weighted by Gasteiger charge is -2.30. The van der Waals surface area contributed by atoms with E-state index in [1.165, 1.54) is 51.7 Å². The fourth-order valence-corrected chi connectivity index (χ4v) is 3.14. The van der Waals surface area contributed by atoms with E-state index in [9.17, 15) is 0 Å². The zero-order chi connectivity index (χ0) is 16.3. The maximum Gasteiger partial charge on any atom is 0.190 e. The van der Waals surface area contributed by atoms with Crippen LogP contribution in [0.5, 0.6) is 0 Å². The molecule has 134 valence electrons. The first-order valence-corrected chi connectivity index (χ1v) is 9.52. The van der Waals surface area contributed by atoms with Gasteiger partial charge in [-0.25, -0.2) is 0 Å². The molecular weight excluding hydrogens is 288 g/mol. The summed E-state index contributed by atoms with van der Waals surface area (Å²) in [5, 5.41) is 6.77. The second-order valence-electron chi connectivity index (χ2n) is 7.20. The van der Waals surface area contributed by atoms with Crippen molar-refractivity contribution in [2.75, 3.05) is 53.0 Å². The van der Waals surface area contributed by atoms with Crippen LogP contribution in [0.2, 0.25) is 0 Å². The lowest BCUT2D eigenvalue weighted by molar-refractivity contribution is 0.123. The Morgan fingerprint density at radius 1 is 1.17 bits per heavy atom. The summed E-state index contributed by atoms with van der Waals surface area (Å²) < 4.78 is 5.64. The van der Waals surface area contributed by atoms with Crippen LogP contribution in [0.4, 0.5) is 0 Å². The van der Waals surface area contributed by atoms with E-state index in [0.717, 1.165) is 50.5 Å². The Bertz CT molecular complexity index is 344. The lowest BCUT2D eigenvalue weighted by Crippen LogP contribution is -2.40. The van der Waals surface area contributed by atoms with Gasteiger partial charge in [-0.05, 0) is 63.5 Å². The molecule has 1 aliphatic carbocycles. The molecule has 2 N–H and O–H groups in total. The minimum Gasteiger partial charge on any atom is -0.381 e. The number of ether oxygens (including phenoxy) is 1. The number of aliphatic imine (C=N–C) groups is 1. The van der Waals surface area contributed by atoms with Crippen molar-refractivity contribution in [1.29, 1.82) is 0 Å². The number of rotatable bonds is 10. The Morgan fingerprint density at radius 2 is 1.96 bits per heavy atom. The molecule has 0 aromatic heterocycles. The summed E-state index contributed by atoms with van der Waals surface area (Å²) in [6.07, 6.45) is 7.71. The van der Waals surface area contributed by atoms with Gasteiger partial charge in [-0.3, -0.25) is 4.99 Å². The van der Waals surface area contributed by atoms with Gasteiger partial charge in [-0.15, -0.1) is 0 Å². The van der Waals surface area contributed by atoms with Crippen LogP contribution in [0.3, 0.4) is 0 Å². The Balaban J connectivity index is 1.42. The fourth-order valence-electron chi connectivity index (χ4n) is 3.14. The van der Waals surface area contributed by atoms with Crippen molar-refractivity contribution in [2.45, 2.75) is 45.4 Å². The van der Waals surface area contributed by atoms with Gasteiger partial charge in [0.1, 0.15) is 0 Å². The van der Waals surface area contributed by atoms with E-state index in [-0.39, 0.29) is 0 Å². The predicted molar refractivity (Wildman–Crippen MR) is 97.0 cm³/mol. The van der Waals surface area contributed by atoms with Crippen molar-refractivity contribution in [2.24, 2.45) is 16.8 Å². The largest absolute Gasteiger partial charge is 0.381 e. The summed E-state index contributed by atoms with van der Waals surface area (Å²) in [7, 11) is 1.84. The summed E-state index contributed by atoms with van der Waals surface area (Å²) >= 11 is 0. The SMILES string of the molecule is CN=C(NCCCOCC1CC1)NCCCN1CCCC(C)C1. The highest BCUT2D eigenvalue weighted by molar-refractivity contribution is 5.79. The van der Waals surface area contributed by atoms with Crippen molar-refractivity contribution in [1.82, 2.24) is 15.5 Å². The van der Waals surface area contributed by atoms with Crippen molar-refractivity contribution < 1.29 is 4.74 Å². The zero-order valence-electron chi connectivity index (χ0n) is 15.1. The fraction of sp³-hybridized carbons (Fsp3) is 0.944. The molecule has 0 aromatic carbocycles. The number of hydrogen-bond acceptors (Lipinski definition) is 3. The van der Waals surface area contributed by atoms with Crippen molar-refractivity contribution >= 4 is 5.96 Å². The summed E-state index contributed by atoms with van der Waals surface area (Å²) in [6, 6.07) is 0. The molecule has 0 radical (unpaired) electrons. The number of nitrogens with zero attached hydrogens (tertiary/aromatic N) is 2. The van der Waals surface area contributed by atoms with E-state index in [0.29, 0.717) is 0 Å². The Kier molecular flexibility index (Phi) is 8.76. The van der Waals surface area contributed by atoms with E-state index < -0.39 is 0 Å². The van der Waals surface area contributed by atoms with E-state index in [1.807, 2.05) is 7.05 Å². The Labute approximate surface area is 142 Å². The quantitative estimate of drug-likeness (QED) is 0.367. The van der Waals surface area contributed by atoms with Crippen LogP contribution in [-0.4, -0.2) is 63.8 Å². The van der Waals surface area contributed by atoms with Gasteiger partial charge in [-0.2, -0.15) is 0 Å². The molecule has 0 bridgehead atoms. The van der Waals surface area contributed by atoms with Gasteiger partial charge in [0, 0.05) is 39.9 Å². The van der Waals surface area contributed by atoms with Gasteiger partial charge in [0.05, 0.1) is 0 Å². The normalized spacial score (nSPS) is 23.0. The average Bonchev–Trinajstić information content (AvgIpc) is 3.37. The standard InChI is InChI=1S/C18H36N4O/c1-16-6-3-11-22(14-16)12-4-9-20-18(19-2)21-10-5-13-23-15-17-7-8-17/h16-17H,3-15H2,1-2H3,(H2,19,20,21). The summed E-state index contributed by atoms with van der Waals surface area (Å²) in [5.74, 6) is 2.65. The molecule has 2 rings (SSSR count). The maximum atomic E-state index is 5.64. The smallest absolute Gasteiger partial charge is 0.190 e. The van der Waals surface area contributed by atoms with Gasteiger partial charge in [-0.1, -0.05) is 6.92 Å². The number of guanidine groups is 1. The zero-order valence-corrected chi connectivity index (χ0v) is 15.1. The molecule has 23 heavy (non-hydrogen) atoms. The van der Waals surface area contributed by atoms with Crippen LogP contribution in [0.1, 0.15) is 45.4 Å². The molecule has 0 spiro atoms. The third-order valence-electron chi connectivity index (χ3n) is 4.72. The molecule has 0 amide bonds. The molecule has 1 heterocycles. The minimum atomic E-state index is 0.855. The Morgan fingerprint density at radius 3 is 2.65 bits per heavy atom. The van der Waals surface area contributed by atoms with Crippen LogP contribution in [0.25, 0.3) is 0 Å². The summed E-state index contributed by atoms with van der Waals surface area (Å²) in [4.78, 5) is 6.88. The first kappa shape index (κ1) is 18.5. The van der Waals surface area contributed by atoms with E-state index in [1.54, 1.807) is 0 Å². The maximum absolute atomic E-state index is 5.64. The third kappa shape index (κ3) is 8.56. The molecule has 5 nitrogen and oxygen atoms in total. The monoisotopic (exact) mass is 324 g/mol. The Hall–Kier alpha value is -0.810. The number of piperidine rings is 1. The molecule has 2 aliphatic rings. The van der Waals surface area contributed by atoms with E-state index in [2.05, 4.69) is 27.4 Å². The molecule has 5 heteroatoms. The molecule has 1 aliphatic heterocycles. The highest BCUT2D eigenvalue weighted by Gasteiger charge is 2.20. The van der Waals surface area contributed by atoms with Crippen LogP contribution < -0.4 is 10.6 Å². The topological polar surface area (TPSA) is 48.9 Å². The second-order valence-corrected chi connectivity index (χ2v) is 7.20. The summed E-state index contributed by atoms with van der Waals surface area (Å²) in [5.41, 5.74) is 0. The van der Waals surface area contributed by atoms with Gasteiger partial charge in [0.25, 0.3) is 0 Å². The van der Waals surface area contributed by atoms with Gasteiger partial charge in [0.2, 0.25) is 0 Å². The molecule has 1 saturated carbocycles. The van der Waals surface area contributed by atoms with Gasteiger partial charge < -0.3 is 20.3 Å². The molecular formula is C18H36N4O. The predicted octanol–water partition coefficient (Wildman–Crippen LogP) is 2.09. The molecule has 1 unspecified atom stereocenters. The van der Waals surface area contributed by atoms with E-state index in [4.69, 9.17) is 4.74 Å². The summed E-state index contributed by atoms with van der Waals surface area (Å²) in [6.45, 7) is 9.84. The number of nitrogens with one attached hydrogen (secondary N) is 2. The van der Waals surface area contributed by atoms with Gasteiger partial charge in [0.15, 0.2) is 5.96 Å². The molecule has 1 saturated heterocycles. The van der Waals surface area contributed by atoms with E-state index >= 15 is 0 Å². The highest BCUT2D eigenvalue weighted by atomic mass is 16.5. The average molecular weight is 325 g/mol. The van der Waals surface area contributed by atoms with Crippen molar-refractivity contribution in [3.05, 3.63) is 0 Å². The van der Waals surface area contributed by atoms with Crippen LogP contribution >= 0.6 is 0 Å². The lowest BCUT2D eigenvalue weighted by atomic mass is 10.0. The first-order chi connectivity index (χ1) is 11.3. The van der Waals surface area contributed by atoms with Crippen molar-refractivity contribution in [3.8, 4) is 0 Å². The minimum absolute atomic E-state index is 0.855. The van der Waals surface area contributed by atoms with Gasteiger partial charge >= 0.3 is 0 Å². The van der Waals surface area contributed by atoms with Crippen molar-refractivity contribution in [3.63, 3.8) is 0 Å². The molecule has 2 fully saturated rings. The highest BCUT2D eigenvalue weighted by Crippen LogP contribution is 2.28. The number of hydrogen-bond donors (Lipinski definition) is 2. The van der Waals surface area contributed by atoms with Crippen LogP contribution in [-0.2, 0) is 4.74 Å². The van der Waals surface area contributed by atoms with Crippen LogP contribution in [0.15, 0.2) is 4.99 Å².